The van der Waals surface area contributed by atoms with Crippen LogP contribution in [-0.2, 0) is 0 Å². The van der Waals surface area contributed by atoms with E-state index in [-0.39, 0.29) is 0 Å². The van der Waals surface area contributed by atoms with E-state index < -0.39 is 0 Å². The fourth-order valence-corrected chi connectivity index (χ4v) is 4.05. The van der Waals surface area contributed by atoms with Crippen LogP contribution < -0.4 is 0 Å². The van der Waals surface area contributed by atoms with Gasteiger partial charge in [0.15, 0.2) is 0 Å². The van der Waals surface area contributed by atoms with Crippen molar-refractivity contribution in [2.45, 2.75) is 32.6 Å². The first-order chi connectivity index (χ1) is 6.86. The van der Waals surface area contributed by atoms with Crippen LogP contribution in [0.1, 0.15) is 32.6 Å². The first kappa shape index (κ1) is 8.76. The Balaban J connectivity index is 1.78. The van der Waals surface area contributed by atoms with Crippen molar-refractivity contribution >= 4 is 0 Å². The second kappa shape index (κ2) is 3.25. The highest BCUT2D eigenvalue weighted by Crippen LogP contribution is 2.52. The smallest absolute Gasteiger partial charge is 0.0194 e. The molecule has 14 heavy (non-hydrogen) atoms. The summed E-state index contributed by atoms with van der Waals surface area (Å²) >= 11 is 0. The van der Waals surface area contributed by atoms with E-state index in [1.165, 1.54) is 25.7 Å². The predicted octanol–water partition coefficient (Wildman–Crippen LogP) is 3.80. The maximum atomic E-state index is 2.51. The number of hydrogen-bond acceptors (Lipinski definition) is 0. The lowest BCUT2D eigenvalue weighted by atomic mass is 9.72. The Morgan fingerprint density at radius 2 is 1.93 bits per heavy atom. The van der Waals surface area contributed by atoms with E-state index in [1.807, 2.05) is 0 Å². The monoisotopic (exact) mass is 188 g/mol. The van der Waals surface area contributed by atoms with E-state index in [4.69, 9.17) is 0 Å². The van der Waals surface area contributed by atoms with Crippen molar-refractivity contribution in [3.63, 3.8) is 0 Å². The molecule has 0 N–H and O–H groups in total. The van der Waals surface area contributed by atoms with Crippen LogP contribution in [0.15, 0.2) is 24.3 Å². The number of rotatable bonds is 1. The molecule has 0 aromatic carbocycles. The summed E-state index contributed by atoms with van der Waals surface area (Å²) in [5.41, 5.74) is 0. The van der Waals surface area contributed by atoms with Crippen LogP contribution in [0.2, 0.25) is 0 Å². The van der Waals surface area contributed by atoms with Crippen molar-refractivity contribution in [3.8, 4) is 0 Å². The molecule has 0 aromatic rings. The molecule has 5 unspecified atom stereocenters. The minimum atomic E-state index is 0.927. The van der Waals surface area contributed by atoms with Crippen molar-refractivity contribution in [2.24, 2.45) is 29.6 Å². The summed E-state index contributed by atoms with van der Waals surface area (Å²) in [5.74, 6) is 4.83. The third kappa shape index (κ3) is 1.20. The lowest BCUT2D eigenvalue weighted by Gasteiger charge is -2.33. The minimum absolute atomic E-state index is 0.927. The molecule has 1 fully saturated rings. The molecule has 5 atom stereocenters. The quantitative estimate of drug-likeness (QED) is 0.549. The van der Waals surface area contributed by atoms with Gasteiger partial charge in [-0.3, -0.25) is 0 Å². The highest BCUT2D eigenvalue weighted by atomic mass is 14.5. The third-order valence-electron chi connectivity index (χ3n) is 4.78. The first-order valence-corrected chi connectivity index (χ1v) is 6.19. The van der Waals surface area contributed by atoms with E-state index in [9.17, 15) is 0 Å². The molecule has 0 spiro atoms. The van der Waals surface area contributed by atoms with Gasteiger partial charge in [0.2, 0.25) is 0 Å². The van der Waals surface area contributed by atoms with Gasteiger partial charge in [-0.05, 0) is 55.3 Å². The summed E-state index contributed by atoms with van der Waals surface area (Å²) in [6, 6.07) is 0. The van der Waals surface area contributed by atoms with Gasteiger partial charge in [0.25, 0.3) is 0 Å². The molecule has 0 saturated heterocycles. The fraction of sp³-hybridized carbons (Fsp3) is 0.714. The predicted molar refractivity (Wildman–Crippen MR) is 59.9 cm³/mol. The Hall–Kier alpha value is -0.520. The summed E-state index contributed by atoms with van der Waals surface area (Å²) in [6.45, 7) is 2.48. The average Bonchev–Trinajstić information content (AvgIpc) is 2.79. The van der Waals surface area contributed by atoms with Crippen molar-refractivity contribution < 1.29 is 0 Å². The summed E-state index contributed by atoms with van der Waals surface area (Å²) in [5, 5.41) is 0. The molecule has 3 aliphatic carbocycles. The molecular formula is C14H20. The standard InChI is InChI=1S/C14H20/c1-10-12-7-8-13(9-12)14(10)11-5-3-2-4-6-11/h2-3,7-8,10-14H,4-6,9H2,1H3. The van der Waals surface area contributed by atoms with E-state index in [0.717, 1.165) is 29.6 Å². The molecule has 0 heterocycles. The lowest BCUT2D eigenvalue weighted by Crippen LogP contribution is -2.26. The van der Waals surface area contributed by atoms with Gasteiger partial charge >= 0.3 is 0 Å². The van der Waals surface area contributed by atoms with Gasteiger partial charge in [-0.25, -0.2) is 0 Å². The van der Waals surface area contributed by atoms with Crippen LogP contribution in [0.3, 0.4) is 0 Å². The SMILES string of the molecule is CC1C2C=CC(C2)C1C1CC=CCC1. The fourth-order valence-electron chi connectivity index (χ4n) is 4.05. The van der Waals surface area contributed by atoms with Crippen molar-refractivity contribution in [1.82, 2.24) is 0 Å². The second-order valence-corrected chi connectivity index (χ2v) is 5.43. The summed E-state index contributed by atoms with van der Waals surface area (Å²) in [6.07, 6.45) is 15.4. The van der Waals surface area contributed by atoms with Gasteiger partial charge in [-0.2, -0.15) is 0 Å². The number of fused-ring (bicyclic) bond motifs is 2. The van der Waals surface area contributed by atoms with Crippen LogP contribution >= 0.6 is 0 Å². The van der Waals surface area contributed by atoms with E-state index in [2.05, 4.69) is 31.2 Å². The maximum absolute atomic E-state index is 2.51. The van der Waals surface area contributed by atoms with Gasteiger partial charge in [-0.15, -0.1) is 0 Å². The number of hydrogen-bond donors (Lipinski definition) is 0. The van der Waals surface area contributed by atoms with Gasteiger partial charge in [0.05, 0.1) is 0 Å². The number of allylic oxidation sites excluding steroid dienone is 4. The summed E-state index contributed by atoms with van der Waals surface area (Å²) < 4.78 is 0. The van der Waals surface area contributed by atoms with Gasteiger partial charge in [0, 0.05) is 0 Å². The topological polar surface area (TPSA) is 0 Å². The molecule has 3 rings (SSSR count). The van der Waals surface area contributed by atoms with Gasteiger partial charge in [0.1, 0.15) is 0 Å². The van der Waals surface area contributed by atoms with Gasteiger partial charge < -0.3 is 0 Å². The van der Waals surface area contributed by atoms with E-state index in [1.54, 1.807) is 0 Å². The molecule has 0 radical (unpaired) electrons. The van der Waals surface area contributed by atoms with Crippen molar-refractivity contribution in [3.05, 3.63) is 24.3 Å². The van der Waals surface area contributed by atoms with Crippen LogP contribution in [0, 0.1) is 29.6 Å². The normalized spacial score (nSPS) is 50.2. The lowest BCUT2D eigenvalue weighted by molar-refractivity contribution is 0.208. The van der Waals surface area contributed by atoms with Gasteiger partial charge in [-0.1, -0.05) is 31.2 Å². The molecule has 2 bridgehead atoms. The maximum Gasteiger partial charge on any atom is -0.0194 e. The summed E-state index contributed by atoms with van der Waals surface area (Å²) in [7, 11) is 0. The van der Waals surface area contributed by atoms with E-state index in [0.29, 0.717) is 0 Å². The Morgan fingerprint density at radius 1 is 1.07 bits per heavy atom. The molecule has 0 heteroatoms. The molecule has 0 aliphatic heterocycles. The molecule has 3 aliphatic rings. The molecule has 0 amide bonds. The molecule has 0 aromatic heterocycles. The molecule has 0 nitrogen and oxygen atoms in total. The molecule has 1 saturated carbocycles. The minimum Gasteiger partial charge on any atom is -0.0885 e. The van der Waals surface area contributed by atoms with Crippen LogP contribution in [-0.4, -0.2) is 0 Å². The Bertz CT molecular complexity index is 274. The highest BCUT2D eigenvalue weighted by Gasteiger charge is 2.44. The Labute approximate surface area is 87.1 Å². The molecular weight excluding hydrogens is 168 g/mol. The average molecular weight is 188 g/mol. The van der Waals surface area contributed by atoms with Crippen LogP contribution in [0.4, 0.5) is 0 Å². The molecule has 76 valence electrons. The zero-order valence-electron chi connectivity index (χ0n) is 9.02. The van der Waals surface area contributed by atoms with Crippen LogP contribution in [0.25, 0.3) is 0 Å². The van der Waals surface area contributed by atoms with Crippen molar-refractivity contribution in [2.75, 3.05) is 0 Å². The third-order valence-corrected chi connectivity index (χ3v) is 4.78. The highest BCUT2D eigenvalue weighted by molar-refractivity contribution is 5.14. The van der Waals surface area contributed by atoms with Crippen LogP contribution in [0.5, 0.6) is 0 Å². The van der Waals surface area contributed by atoms with Crippen molar-refractivity contribution in [1.29, 1.82) is 0 Å². The Kier molecular flexibility index (Phi) is 2.04. The second-order valence-electron chi connectivity index (χ2n) is 5.43. The zero-order chi connectivity index (χ0) is 9.54. The zero-order valence-corrected chi connectivity index (χ0v) is 9.02. The summed E-state index contributed by atoms with van der Waals surface area (Å²) in [4.78, 5) is 0. The van der Waals surface area contributed by atoms with E-state index >= 15 is 0 Å². The Morgan fingerprint density at radius 3 is 2.57 bits per heavy atom. The largest absolute Gasteiger partial charge is 0.0885 e. The first-order valence-electron chi connectivity index (χ1n) is 6.19.